The topological polar surface area (TPSA) is 67.6 Å². The molecule has 134 valence electrons. The number of carbonyl (C=O) groups is 1. The highest BCUT2D eigenvalue weighted by molar-refractivity contribution is 5.66. The number of halogens is 1. The lowest BCUT2D eigenvalue weighted by molar-refractivity contribution is -0.136. The van der Waals surface area contributed by atoms with Crippen LogP contribution in [0.25, 0.3) is 0 Å². The van der Waals surface area contributed by atoms with Gasteiger partial charge in [-0.2, -0.15) is 5.10 Å². The third-order valence-electron chi connectivity index (χ3n) is 4.22. The first-order chi connectivity index (χ1) is 12.1. The minimum Gasteiger partial charge on any atom is -0.494 e. The van der Waals surface area contributed by atoms with Gasteiger partial charge in [0.2, 0.25) is 0 Å². The number of ether oxygens (including phenoxy) is 1. The Labute approximate surface area is 145 Å². The lowest BCUT2D eigenvalue weighted by Gasteiger charge is -2.27. The summed E-state index contributed by atoms with van der Waals surface area (Å²) in [6.07, 6.45) is 1.47. The van der Waals surface area contributed by atoms with Gasteiger partial charge in [-0.15, -0.1) is 0 Å². The van der Waals surface area contributed by atoms with Crippen molar-refractivity contribution in [1.82, 2.24) is 14.7 Å². The van der Waals surface area contributed by atoms with E-state index in [4.69, 9.17) is 9.84 Å². The number of nitrogens with zero attached hydrogens (tertiary/aromatic N) is 3. The van der Waals surface area contributed by atoms with Crippen molar-refractivity contribution in [2.75, 3.05) is 19.7 Å². The summed E-state index contributed by atoms with van der Waals surface area (Å²) in [4.78, 5) is 13.0. The fourth-order valence-electron chi connectivity index (χ4n) is 2.94. The maximum absolute atomic E-state index is 12.8. The van der Waals surface area contributed by atoms with Crippen molar-refractivity contribution in [2.45, 2.75) is 32.4 Å². The molecule has 2 heterocycles. The van der Waals surface area contributed by atoms with Crippen LogP contribution >= 0.6 is 0 Å². The summed E-state index contributed by atoms with van der Waals surface area (Å²) in [7, 11) is 0. The largest absolute Gasteiger partial charge is 0.494 e. The van der Waals surface area contributed by atoms with Crippen molar-refractivity contribution >= 4 is 5.97 Å². The molecule has 0 fully saturated rings. The number of aryl methyl sites for hydroxylation is 1. The molecule has 0 unspecified atom stereocenters. The Morgan fingerprint density at radius 2 is 2.08 bits per heavy atom. The van der Waals surface area contributed by atoms with Gasteiger partial charge in [0, 0.05) is 26.1 Å². The molecule has 25 heavy (non-hydrogen) atoms. The van der Waals surface area contributed by atoms with Gasteiger partial charge in [0.15, 0.2) is 0 Å². The van der Waals surface area contributed by atoms with Gasteiger partial charge in [0.05, 0.1) is 31.0 Å². The minimum absolute atomic E-state index is 0.112. The molecule has 1 aliphatic rings. The number of carboxylic acids is 1. The Hall–Kier alpha value is -2.41. The summed E-state index contributed by atoms with van der Waals surface area (Å²) in [5, 5.41) is 13.2. The van der Waals surface area contributed by atoms with E-state index in [-0.39, 0.29) is 12.2 Å². The maximum Gasteiger partial charge on any atom is 0.303 e. The van der Waals surface area contributed by atoms with Gasteiger partial charge in [0.25, 0.3) is 0 Å². The SMILES string of the molecule is O=C(O)CCc1cc2n(n1)CCN(CCCOc1ccc(F)cc1)C2. The smallest absolute Gasteiger partial charge is 0.303 e. The number of aliphatic carboxylic acids is 1. The van der Waals surface area contributed by atoms with Crippen molar-refractivity contribution < 1.29 is 19.0 Å². The molecule has 1 aliphatic heterocycles. The van der Waals surface area contributed by atoms with Crippen LogP contribution < -0.4 is 4.74 Å². The lowest BCUT2D eigenvalue weighted by Crippen LogP contribution is -2.35. The maximum atomic E-state index is 12.8. The van der Waals surface area contributed by atoms with E-state index < -0.39 is 5.97 Å². The molecule has 0 aliphatic carbocycles. The predicted octanol–water partition coefficient (Wildman–Crippen LogP) is 2.32. The number of rotatable bonds is 8. The van der Waals surface area contributed by atoms with Gasteiger partial charge in [-0.25, -0.2) is 4.39 Å². The molecule has 1 aromatic heterocycles. The van der Waals surface area contributed by atoms with E-state index in [0.29, 0.717) is 18.8 Å². The summed E-state index contributed by atoms with van der Waals surface area (Å²) in [6.45, 7) is 4.06. The van der Waals surface area contributed by atoms with Crippen LogP contribution in [0.3, 0.4) is 0 Å². The Bertz CT molecular complexity index is 715. The quantitative estimate of drug-likeness (QED) is 0.743. The number of benzene rings is 1. The van der Waals surface area contributed by atoms with Gasteiger partial charge in [-0.05, 0) is 36.8 Å². The fraction of sp³-hybridized carbons (Fsp3) is 0.444. The average Bonchev–Trinajstić information content (AvgIpc) is 3.00. The predicted molar refractivity (Wildman–Crippen MR) is 90.0 cm³/mol. The average molecular weight is 347 g/mol. The lowest BCUT2D eigenvalue weighted by atomic mass is 10.2. The molecule has 0 atom stereocenters. The van der Waals surface area contributed by atoms with E-state index in [1.54, 1.807) is 12.1 Å². The third kappa shape index (κ3) is 5.03. The number of hydrogen-bond donors (Lipinski definition) is 1. The summed E-state index contributed by atoms with van der Waals surface area (Å²) in [6, 6.07) is 8.05. The second-order valence-electron chi connectivity index (χ2n) is 6.18. The number of fused-ring (bicyclic) bond motifs is 1. The zero-order chi connectivity index (χ0) is 17.6. The highest BCUT2D eigenvalue weighted by Crippen LogP contribution is 2.16. The molecule has 0 saturated carbocycles. The first kappa shape index (κ1) is 17.4. The molecule has 2 aromatic rings. The van der Waals surface area contributed by atoms with E-state index in [1.807, 2.05) is 10.7 Å². The van der Waals surface area contributed by atoms with Crippen molar-refractivity contribution in [1.29, 1.82) is 0 Å². The van der Waals surface area contributed by atoms with Gasteiger partial charge in [0.1, 0.15) is 11.6 Å². The Balaban J connectivity index is 1.41. The second-order valence-corrected chi connectivity index (χ2v) is 6.18. The number of aromatic nitrogens is 2. The first-order valence-electron chi connectivity index (χ1n) is 8.48. The highest BCUT2D eigenvalue weighted by atomic mass is 19.1. The molecule has 1 N–H and O–H groups in total. The number of hydrogen-bond acceptors (Lipinski definition) is 4. The molecule has 3 rings (SSSR count). The Morgan fingerprint density at radius 1 is 1.28 bits per heavy atom. The Morgan fingerprint density at radius 3 is 2.84 bits per heavy atom. The second kappa shape index (κ2) is 8.11. The summed E-state index contributed by atoms with van der Waals surface area (Å²) >= 11 is 0. The standard InChI is InChI=1S/C18H22FN3O3/c19-14-2-5-17(6-3-14)25-11-1-8-21-9-10-22-16(13-21)12-15(20-22)4-7-18(23)24/h2-3,5-6,12H,1,4,7-11,13H2,(H,23,24). The molecule has 6 nitrogen and oxygen atoms in total. The molecule has 0 saturated heterocycles. The van der Waals surface area contributed by atoms with Crippen LogP contribution in [0.2, 0.25) is 0 Å². The minimum atomic E-state index is -0.797. The highest BCUT2D eigenvalue weighted by Gasteiger charge is 2.18. The number of carboxylic acid groups (broad SMARTS) is 1. The van der Waals surface area contributed by atoms with Crippen LogP contribution in [0.1, 0.15) is 24.2 Å². The van der Waals surface area contributed by atoms with E-state index in [1.165, 1.54) is 12.1 Å². The first-order valence-corrected chi connectivity index (χ1v) is 8.48. The zero-order valence-corrected chi connectivity index (χ0v) is 14.0. The molecule has 0 radical (unpaired) electrons. The molecular formula is C18H22FN3O3. The van der Waals surface area contributed by atoms with Crippen molar-refractivity contribution in [3.8, 4) is 5.75 Å². The van der Waals surface area contributed by atoms with Crippen LogP contribution in [0.15, 0.2) is 30.3 Å². The van der Waals surface area contributed by atoms with Gasteiger partial charge < -0.3 is 9.84 Å². The van der Waals surface area contributed by atoms with E-state index in [2.05, 4.69) is 10.00 Å². The van der Waals surface area contributed by atoms with Gasteiger partial charge in [-0.3, -0.25) is 14.4 Å². The molecule has 7 heteroatoms. The monoisotopic (exact) mass is 347 g/mol. The van der Waals surface area contributed by atoms with Crippen molar-refractivity contribution in [3.63, 3.8) is 0 Å². The molecule has 1 aromatic carbocycles. The van der Waals surface area contributed by atoms with E-state index in [0.717, 1.165) is 44.0 Å². The summed E-state index contributed by atoms with van der Waals surface area (Å²) in [5.74, 6) is -0.380. The Kier molecular flexibility index (Phi) is 5.65. The zero-order valence-electron chi connectivity index (χ0n) is 14.0. The normalized spacial score (nSPS) is 14.3. The summed E-state index contributed by atoms with van der Waals surface area (Å²) < 4.78 is 20.4. The molecule has 0 bridgehead atoms. The van der Waals surface area contributed by atoms with Gasteiger partial charge in [-0.1, -0.05) is 0 Å². The van der Waals surface area contributed by atoms with Crippen molar-refractivity contribution in [3.05, 3.63) is 47.5 Å². The van der Waals surface area contributed by atoms with Crippen LogP contribution in [0.4, 0.5) is 4.39 Å². The van der Waals surface area contributed by atoms with Crippen LogP contribution in [-0.2, 0) is 24.3 Å². The van der Waals surface area contributed by atoms with Crippen LogP contribution in [0, 0.1) is 5.82 Å². The van der Waals surface area contributed by atoms with E-state index >= 15 is 0 Å². The van der Waals surface area contributed by atoms with Crippen molar-refractivity contribution in [2.24, 2.45) is 0 Å². The third-order valence-corrected chi connectivity index (χ3v) is 4.22. The fourth-order valence-corrected chi connectivity index (χ4v) is 2.94. The van der Waals surface area contributed by atoms with Crippen LogP contribution in [0.5, 0.6) is 5.75 Å². The van der Waals surface area contributed by atoms with E-state index in [9.17, 15) is 9.18 Å². The van der Waals surface area contributed by atoms with Gasteiger partial charge >= 0.3 is 5.97 Å². The molecular weight excluding hydrogens is 325 g/mol. The summed E-state index contributed by atoms with van der Waals surface area (Å²) in [5.41, 5.74) is 1.98. The molecule has 0 amide bonds. The van der Waals surface area contributed by atoms with Crippen LogP contribution in [-0.4, -0.2) is 45.5 Å². The molecule has 0 spiro atoms.